The third-order valence-electron chi connectivity index (χ3n) is 9.45. The van der Waals surface area contributed by atoms with E-state index in [2.05, 4.69) is 51.5 Å². The molecule has 6 rings (SSSR count). The Labute approximate surface area is 204 Å². The molecular weight excluding hydrogens is 420 g/mol. The van der Waals surface area contributed by atoms with Gasteiger partial charge in [0.15, 0.2) is 0 Å². The molecule has 6 nitrogen and oxygen atoms in total. The van der Waals surface area contributed by atoms with Crippen LogP contribution in [0.4, 0.5) is 5.82 Å². The number of aryl methyl sites for hydroxylation is 2. The van der Waals surface area contributed by atoms with Gasteiger partial charge < -0.3 is 10.2 Å². The summed E-state index contributed by atoms with van der Waals surface area (Å²) < 4.78 is 1.83. The lowest BCUT2D eigenvalue weighted by atomic mass is 9.56. The Bertz CT molecular complexity index is 979. The summed E-state index contributed by atoms with van der Waals surface area (Å²) in [6.07, 6.45) is 12.0. The second-order valence-corrected chi connectivity index (χ2v) is 12.8. The zero-order valence-electron chi connectivity index (χ0n) is 21.5. The first-order chi connectivity index (χ1) is 16.3. The second kappa shape index (κ2) is 8.61. The van der Waals surface area contributed by atoms with Gasteiger partial charge in [0.05, 0.1) is 11.4 Å². The first kappa shape index (κ1) is 22.5. The molecule has 1 saturated heterocycles. The van der Waals surface area contributed by atoms with Crippen LogP contribution in [0, 0.1) is 41.9 Å². The normalized spacial score (nSPS) is 37.6. The van der Waals surface area contributed by atoms with E-state index in [-0.39, 0.29) is 0 Å². The zero-order chi connectivity index (χ0) is 23.4. The van der Waals surface area contributed by atoms with E-state index in [1.165, 1.54) is 64.6 Å². The molecule has 2 aromatic rings. The smallest absolute Gasteiger partial charge is 0.148 e. The van der Waals surface area contributed by atoms with Crippen molar-refractivity contribution in [2.75, 3.05) is 25.0 Å². The molecule has 6 heteroatoms. The van der Waals surface area contributed by atoms with E-state index in [1.807, 2.05) is 24.9 Å². The average Bonchev–Trinajstić information content (AvgIpc) is 3.39. The molecule has 3 heterocycles. The molecule has 3 saturated carbocycles. The molecule has 2 aromatic heterocycles. The van der Waals surface area contributed by atoms with Crippen molar-refractivity contribution in [1.82, 2.24) is 24.9 Å². The van der Waals surface area contributed by atoms with Crippen molar-refractivity contribution in [2.45, 2.75) is 71.8 Å². The first-order valence-corrected chi connectivity index (χ1v) is 13.7. The van der Waals surface area contributed by atoms with Crippen molar-refractivity contribution in [3.63, 3.8) is 0 Å². The fraction of sp³-hybridized carbons (Fsp3) is 0.750. The van der Waals surface area contributed by atoms with Crippen LogP contribution in [-0.2, 0) is 7.05 Å². The molecule has 0 amide bonds. The van der Waals surface area contributed by atoms with Crippen LogP contribution in [0.25, 0.3) is 11.3 Å². The zero-order valence-corrected chi connectivity index (χ0v) is 21.5. The fourth-order valence-corrected chi connectivity index (χ4v) is 8.83. The van der Waals surface area contributed by atoms with Gasteiger partial charge in [0.2, 0.25) is 0 Å². The highest BCUT2D eigenvalue weighted by atomic mass is 15.3. The van der Waals surface area contributed by atoms with E-state index in [9.17, 15) is 0 Å². The summed E-state index contributed by atoms with van der Waals surface area (Å²) in [4.78, 5) is 2.86. The number of likely N-dealkylation sites (tertiary alicyclic amines) is 1. The Hall–Kier alpha value is -1.95. The Morgan fingerprint density at radius 2 is 1.68 bits per heavy atom. The Morgan fingerprint density at radius 1 is 0.971 bits per heavy atom. The van der Waals surface area contributed by atoms with E-state index < -0.39 is 0 Å². The van der Waals surface area contributed by atoms with Crippen LogP contribution >= 0.6 is 0 Å². The number of hydrogen-bond acceptors (Lipinski definition) is 5. The molecule has 34 heavy (non-hydrogen) atoms. The molecule has 184 valence electrons. The summed E-state index contributed by atoms with van der Waals surface area (Å²) in [6.45, 7) is 11.0. The van der Waals surface area contributed by atoms with Crippen molar-refractivity contribution in [2.24, 2.45) is 42.1 Å². The van der Waals surface area contributed by atoms with Crippen LogP contribution in [0.5, 0.6) is 0 Å². The standard InChI is InChI=1S/C28H42N6/c1-18-7-21-8-19(2)12-28(11-18,13-21)17-34-14-22-9-24(10-23(22)15-34)29-27-6-5-26(30-31-27)25-16-33(4)32-20(25)3/h5-6,16,18-19,21-24H,7-15,17H2,1-4H3,(H,29,31)/t18?,19?,21?,22-,23+,24+,28?. The summed E-state index contributed by atoms with van der Waals surface area (Å²) in [5.74, 6) is 5.45. The van der Waals surface area contributed by atoms with Crippen molar-refractivity contribution in [1.29, 1.82) is 0 Å². The summed E-state index contributed by atoms with van der Waals surface area (Å²) >= 11 is 0. The largest absolute Gasteiger partial charge is 0.366 e. The molecule has 4 aliphatic rings. The van der Waals surface area contributed by atoms with Crippen molar-refractivity contribution in [3.05, 3.63) is 24.0 Å². The van der Waals surface area contributed by atoms with Crippen molar-refractivity contribution < 1.29 is 0 Å². The highest BCUT2D eigenvalue weighted by Gasteiger charge is 2.48. The van der Waals surface area contributed by atoms with Gasteiger partial charge >= 0.3 is 0 Å². The number of nitrogens with one attached hydrogen (secondary N) is 1. The maximum Gasteiger partial charge on any atom is 0.148 e. The molecule has 2 unspecified atom stereocenters. The second-order valence-electron chi connectivity index (χ2n) is 12.8. The number of rotatable bonds is 5. The quantitative estimate of drug-likeness (QED) is 0.665. The van der Waals surface area contributed by atoms with Crippen LogP contribution < -0.4 is 5.32 Å². The summed E-state index contributed by atoms with van der Waals surface area (Å²) in [5, 5.41) is 17.1. The highest BCUT2D eigenvalue weighted by molar-refractivity contribution is 5.61. The number of aromatic nitrogens is 4. The van der Waals surface area contributed by atoms with Crippen LogP contribution in [0.15, 0.2) is 18.3 Å². The van der Waals surface area contributed by atoms with Gasteiger partial charge in [0.25, 0.3) is 0 Å². The maximum atomic E-state index is 4.49. The van der Waals surface area contributed by atoms with Crippen LogP contribution in [0.3, 0.4) is 0 Å². The molecule has 1 aliphatic heterocycles. The van der Waals surface area contributed by atoms with Gasteiger partial charge in [-0.3, -0.25) is 4.68 Å². The van der Waals surface area contributed by atoms with Crippen LogP contribution in [0.2, 0.25) is 0 Å². The molecule has 4 fully saturated rings. The summed E-state index contributed by atoms with van der Waals surface area (Å²) in [7, 11) is 1.94. The number of fused-ring (bicyclic) bond motifs is 3. The van der Waals surface area contributed by atoms with Gasteiger partial charge in [-0.2, -0.15) is 5.10 Å². The minimum absolute atomic E-state index is 0.532. The van der Waals surface area contributed by atoms with Gasteiger partial charge in [0.1, 0.15) is 5.82 Å². The number of anilines is 1. The summed E-state index contributed by atoms with van der Waals surface area (Å²) in [5.41, 5.74) is 3.56. The molecule has 0 radical (unpaired) electrons. The SMILES string of the molecule is Cc1nn(C)cc1-c1ccc(N[C@H]2C[C@@H]3CN(CC45CC(C)CC(CC(C)C4)C5)C[C@@H]3C2)nn1. The Kier molecular flexibility index (Phi) is 5.70. The van der Waals surface area contributed by atoms with E-state index in [0.29, 0.717) is 11.5 Å². The predicted octanol–water partition coefficient (Wildman–Crippen LogP) is 5.16. The van der Waals surface area contributed by atoms with Gasteiger partial charge in [-0.25, -0.2) is 0 Å². The molecule has 3 aliphatic carbocycles. The molecular formula is C28H42N6. The number of nitrogens with zero attached hydrogens (tertiary/aromatic N) is 5. The van der Waals surface area contributed by atoms with Gasteiger partial charge in [-0.15, -0.1) is 10.2 Å². The van der Waals surface area contributed by atoms with Gasteiger partial charge in [0, 0.05) is 44.5 Å². The fourth-order valence-electron chi connectivity index (χ4n) is 8.83. The van der Waals surface area contributed by atoms with E-state index in [0.717, 1.165) is 52.4 Å². The minimum atomic E-state index is 0.532. The average molecular weight is 463 g/mol. The molecule has 0 aromatic carbocycles. The predicted molar refractivity (Wildman–Crippen MR) is 136 cm³/mol. The van der Waals surface area contributed by atoms with Gasteiger partial charge in [-0.05, 0) is 99.0 Å². The Balaban J connectivity index is 1.04. The molecule has 5 atom stereocenters. The van der Waals surface area contributed by atoms with E-state index >= 15 is 0 Å². The number of hydrogen-bond donors (Lipinski definition) is 1. The van der Waals surface area contributed by atoms with Crippen molar-refractivity contribution >= 4 is 5.82 Å². The first-order valence-electron chi connectivity index (χ1n) is 13.7. The lowest BCUT2D eigenvalue weighted by molar-refractivity contribution is -0.00647. The van der Waals surface area contributed by atoms with E-state index in [1.54, 1.807) is 0 Å². The molecule has 1 N–H and O–H groups in total. The third kappa shape index (κ3) is 4.38. The highest BCUT2D eigenvalue weighted by Crippen LogP contribution is 2.54. The Morgan fingerprint density at radius 3 is 2.26 bits per heavy atom. The lowest BCUT2D eigenvalue weighted by Crippen LogP contribution is -2.46. The third-order valence-corrected chi connectivity index (χ3v) is 9.45. The molecule has 2 bridgehead atoms. The van der Waals surface area contributed by atoms with Gasteiger partial charge in [-0.1, -0.05) is 13.8 Å². The lowest BCUT2D eigenvalue weighted by Gasteiger charge is -2.51. The topological polar surface area (TPSA) is 58.9 Å². The van der Waals surface area contributed by atoms with E-state index in [4.69, 9.17) is 0 Å². The van der Waals surface area contributed by atoms with Crippen molar-refractivity contribution in [3.8, 4) is 11.3 Å². The molecule has 0 spiro atoms. The summed E-state index contributed by atoms with van der Waals surface area (Å²) in [6, 6.07) is 4.68. The van der Waals surface area contributed by atoms with Crippen LogP contribution in [0.1, 0.15) is 64.5 Å². The minimum Gasteiger partial charge on any atom is -0.366 e. The maximum absolute atomic E-state index is 4.49. The van der Waals surface area contributed by atoms with Crippen LogP contribution in [-0.4, -0.2) is 50.6 Å². The monoisotopic (exact) mass is 462 g/mol.